The molecule has 0 amide bonds. The number of nitrogens with zero attached hydrogens (tertiary/aromatic N) is 2. The van der Waals surface area contributed by atoms with Gasteiger partial charge in [0.15, 0.2) is 0 Å². The molecule has 1 aromatic heterocycles. The first-order valence-electron chi connectivity index (χ1n) is 6.75. The second-order valence-electron chi connectivity index (χ2n) is 4.18. The van der Waals surface area contributed by atoms with Crippen molar-refractivity contribution in [3.05, 3.63) is 42.7 Å². The summed E-state index contributed by atoms with van der Waals surface area (Å²) in [5.41, 5.74) is 0. The van der Waals surface area contributed by atoms with E-state index < -0.39 is 0 Å². The third-order valence-electron chi connectivity index (χ3n) is 2.54. The van der Waals surface area contributed by atoms with Gasteiger partial charge in [0.25, 0.3) is 0 Å². The molecule has 0 saturated carbocycles. The van der Waals surface area contributed by atoms with Crippen LogP contribution in [0.4, 0.5) is 5.82 Å². The van der Waals surface area contributed by atoms with Crippen molar-refractivity contribution < 1.29 is 9.47 Å². The van der Waals surface area contributed by atoms with Crippen LogP contribution in [0.1, 0.15) is 13.3 Å². The number of hydrogen-bond acceptors (Lipinski definition) is 5. The fourth-order valence-corrected chi connectivity index (χ4v) is 1.59. The standard InChI is InChI=1S/C15H19N3O2/c1-2-8-16-14-11-15(18-12-17-14)20-10-9-19-13-6-4-3-5-7-13/h3-7,11-12H,2,8-10H2,1H3,(H,16,17,18). The molecule has 0 atom stereocenters. The second kappa shape index (κ2) is 7.99. The van der Waals surface area contributed by atoms with Gasteiger partial charge in [-0.25, -0.2) is 9.97 Å². The molecule has 5 nitrogen and oxygen atoms in total. The molecular weight excluding hydrogens is 254 g/mol. The van der Waals surface area contributed by atoms with Crippen LogP contribution >= 0.6 is 0 Å². The minimum Gasteiger partial charge on any atom is -0.490 e. The van der Waals surface area contributed by atoms with Gasteiger partial charge in [-0.15, -0.1) is 0 Å². The maximum atomic E-state index is 5.54. The number of nitrogens with one attached hydrogen (secondary N) is 1. The van der Waals surface area contributed by atoms with E-state index in [0.717, 1.165) is 24.5 Å². The fraction of sp³-hybridized carbons (Fsp3) is 0.333. The van der Waals surface area contributed by atoms with Gasteiger partial charge >= 0.3 is 0 Å². The summed E-state index contributed by atoms with van der Waals surface area (Å²) in [6, 6.07) is 11.4. The zero-order valence-electron chi connectivity index (χ0n) is 11.6. The lowest BCUT2D eigenvalue weighted by atomic mass is 10.3. The summed E-state index contributed by atoms with van der Waals surface area (Å²) >= 11 is 0. The first kappa shape index (κ1) is 14.1. The minimum atomic E-state index is 0.444. The highest BCUT2D eigenvalue weighted by atomic mass is 16.5. The highest BCUT2D eigenvalue weighted by Crippen LogP contribution is 2.11. The Bertz CT molecular complexity index is 505. The van der Waals surface area contributed by atoms with Crippen molar-refractivity contribution in [3.8, 4) is 11.6 Å². The number of aromatic nitrogens is 2. The minimum absolute atomic E-state index is 0.444. The quantitative estimate of drug-likeness (QED) is 0.749. The predicted octanol–water partition coefficient (Wildman–Crippen LogP) is 2.76. The molecule has 106 valence electrons. The van der Waals surface area contributed by atoms with E-state index >= 15 is 0 Å². The molecule has 1 N–H and O–H groups in total. The van der Waals surface area contributed by atoms with Gasteiger partial charge in [-0.3, -0.25) is 0 Å². The molecule has 1 heterocycles. The second-order valence-corrected chi connectivity index (χ2v) is 4.18. The Morgan fingerprint density at radius 3 is 2.65 bits per heavy atom. The van der Waals surface area contributed by atoms with E-state index in [1.54, 1.807) is 6.07 Å². The van der Waals surface area contributed by atoms with Gasteiger partial charge in [0, 0.05) is 12.6 Å². The fourth-order valence-electron chi connectivity index (χ4n) is 1.59. The van der Waals surface area contributed by atoms with Crippen LogP contribution in [-0.2, 0) is 0 Å². The summed E-state index contributed by atoms with van der Waals surface area (Å²) in [7, 11) is 0. The van der Waals surface area contributed by atoms with Crippen molar-refractivity contribution in [1.82, 2.24) is 9.97 Å². The van der Waals surface area contributed by atoms with Crippen LogP contribution in [0, 0.1) is 0 Å². The number of ether oxygens (including phenoxy) is 2. The molecule has 0 aliphatic rings. The van der Waals surface area contributed by atoms with Crippen molar-refractivity contribution in [1.29, 1.82) is 0 Å². The van der Waals surface area contributed by atoms with Gasteiger partial charge in [0.1, 0.15) is 31.1 Å². The topological polar surface area (TPSA) is 56.3 Å². The Hall–Kier alpha value is -2.30. The number of rotatable bonds is 8. The average molecular weight is 273 g/mol. The highest BCUT2D eigenvalue weighted by Gasteiger charge is 1.99. The van der Waals surface area contributed by atoms with E-state index in [2.05, 4.69) is 22.2 Å². The van der Waals surface area contributed by atoms with Gasteiger partial charge in [-0.05, 0) is 18.6 Å². The predicted molar refractivity (Wildman–Crippen MR) is 78.2 cm³/mol. The van der Waals surface area contributed by atoms with Crippen molar-refractivity contribution >= 4 is 5.82 Å². The smallest absolute Gasteiger partial charge is 0.218 e. The Kier molecular flexibility index (Phi) is 5.64. The third-order valence-corrected chi connectivity index (χ3v) is 2.54. The third kappa shape index (κ3) is 4.76. The first-order chi connectivity index (χ1) is 9.88. The summed E-state index contributed by atoms with van der Waals surface area (Å²) in [6.45, 7) is 3.91. The van der Waals surface area contributed by atoms with Crippen molar-refractivity contribution in [2.75, 3.05) is 25.1 Å². The molecule has 20 heavy (non-hydrogen) atoms. The maximum absolute atomic E-state index is 5.54. The van der Waals surface area contributed by atoms with Crippen LogP contribution in [0.25, 0.3) is 0 Å². The van der Waals surface area contributed by atoms with Gasteiger partial charge in [0.2, 0.25) is 5.88 Å². The van der Waals surface area contributed by atoms with E-state index in [0.29, 0.717) is 19.1 Å². The summed E-state index contributed by atoms with van der Waals surface area (Å²) in [5.74, 6) is 2.17. The lowest BCUT2D eigenvalue weighted by Crippen LogP contribution is -2.10. The van der Waals surface area contributed by atoms with E-state index in [-0.39, 0.29) is 0 Å². The molecule has 0 unspecified atom stereocenters. The summed E-state index contributed by atoms with van der Waals surface area (Å²) in [6.07, 6.45) is 2.54. The van der Waals surface area contributed by atoms with Gasteiger partial charge in [-0.1, -0.05) is 25.1 Å². The van der Waals surface area contributed by atoms with E-state index in [1.165, 1.54) is 6.33 Å². The molecule has 2 rings (SSSR count). The van der Waals surface area contributed by atoms with Crippen molar-refractivity contribution in [2.24, 2.45) is 0 Å². The van der Waals surface area contributed by atoms with E-state index in [1.807, 2.05) is 30.3 Å². The molecule has 5 heteroatoms. The van der Waals surface area contributed by atoms with E-state index in [4.69, 9.17) is 9.47 Å². The molecule has 0 radical (unpaired) electrons. The lowest BCUT2D eigenvalue weighted by molar-refractivity contribution is 0.212. The molecule has 0 aliphatic carbocycles. The molecule has 0 aliphatic heterocycles. The van der Waals surface area contributed by atoms with Crippen LogP contribution in [0.3, 0.4) is 0 Å². The monoisotopic (exact) mass is 273 g/mol. The van der Waals surface area contributed by atoms with Gasteiger partial charge < -0.3 is 14.8 Å². The lowest BCUT2D eigenvalue weighted by Gasteiger charge is -2.08. The summed E-state index contributed by atoms with van der Waals surface area (Å²) in [5, 5.41) is 3.19. The molecule has 0 saturated heterocycles. The molecule has 0 spiro atoms. The van der Waals surface area contributed by atoms with Crippen LogP contribution in [0.5, 0.6) is 11.6 Å². The largest absolute Gasteiger partial charge is 0.490 e. The zero-order chi connectivity index (χ0) is 14.0. The molecule has 0 bridgehead atoms. The first-order valence-corrected chi connectivity index (χ1v) is 6.75. The molecule has 1 aromatic carbocycles. The Morgan fingerprint density at radius 2 is 1.85 bits per heavy atom. The Labute approximate surface area is 119 Å². The summed E-state index contributed by atoms with van der Waals surface area (Å²) < 4.78 is 11.1. The molecular formula is C15H19N3O2. The Balaban J connectivity index is 1.73. The van der Waals surface area contributed by atoms with Crippen LogP contribution in [-0.4, -0.2) is 29.7 Å². The average Bonchev–Trinajstić information content (AvgIpc) is 2.51. The van der Waals surface area contributed by atoms with Gasteiger partial charge in [0.05, 0.1) is 0 Å². The molecule has 0 fully saturated rings. The van der Waals surface area contributed by atoms with Crippen molar-refractivity contribution in [2.45, 2.75) is 13.3 Å². The number of hydrogen-bond donors (Lipinski definition) is 1. The number of benzene rings is 1. The number of anilines is 1. The van der Waals surface area contributed by atoms with Crippen LogP contribution in [0.15, 0.2) is 42.7 Å². The normalized spacial score (nSPS) is 10.1. The van der Waals surface area contributed by atoms with Crippen molar-refractivity contribution in [3.63, 3.8) is 0 Å². The van der Waals surface area contributed by atoms with E-state index in [9.17, 15) is 0 Å². The Morgan fingerprint density at radius 1 is 1.05 bits per heavy atom. The van der Waals surface area contributed by atoms with Crippen LogP contribution in [0.2, 0.25) is 0 Å². The molecule has 2 aromatic rings. The summed E-state index contributed by atoms with van der Waals surface area (Å²) in [4.78, 5) is 8.18. The highest BCUT2D eigenvalue weighted by molar-refractivity contribution is 5.36. The van der Waals surface area contributed by atoms with Gasteiger partial charge in [-0.2, -0.15) is 0 Å². The SMILES string of the molecule is CCCNc1cc(OCCOc2ccccc2)ncn1. The number of para-hydroxylation sites is 1. The maximum Gasteiger partial charge on any atom is 0.218 e. The van der Waals surface area contributed by atoms with Crippen LogP contribution < -0.4 is 14.8 Å². The zero-order valence-corrected chi connectivity index (χ0v) is 11.6.